The van der Waals surface area contributed by atoms with Crippen LogP contribution in [0, 0.1) is 6.57 Å². The van der Waals surface area contributed by atoms with Crippen LogP contribution in [0.25, 0.3) is 15.7 Å². The molecule has 0 spiro atoms. The van der Waals surface area contributed by atoms with Crippen LogP contribution in [-0.2, 0) is 25.1 Å². The van der Waals surface area contributed by atoms with Crippen LogP contribution < -0.4 is 0 Å². The average molecular weight is 478 g/mol. The summed E-state index contributed by atoms with van der Waals surface area (Å²) >= 11 is 0. The third-order valence-electron chi connectivity index (χ3n) is 4.88. The van der Waals surface area contributed by atoms with E-state index < -0.39 is 8.53 Å². The van der Waals surface area contributed by atoms with Crippen LogP contribution in [0.4, 0.5) is 0 Å². The Kier molecular flexibility index (Phi) is 12.6. The fourth-order valence-electron chi connectivity index (χ4n) is 3.52. The molecule has 182 valence electrons. The third kappa shape index (κ3) is 8.78. The lowest BCUT2D eigenvalue weighted by molar-refractivity contribution is 0.0317. The van der Waals surface area contributed by atoms with Gasteiger partial charge < -0.3 is 27.9 Å². The van der Waals surface area contributed by atoms with Crippen LogP contribution in [0.2, 0.25) is 0 Å². The van der Waals surface area contributed by atoms with Gasteiger partial charge in [0, 0.05) is 41.3 Å². The molecule has 2 rings (SSSR count). The van der Waals surface area contributed by atoms with Crippen molar-refractivity contribution in [3.05, 3.63) is 47.4 Å². The minimum Gasteiger partial charge on any atom is -0.377 e. The minimum absolute atomic E-state index is 0.276. The Labute approximate surface area is 198 Å². The van der Waals surface area contributed by atoms with Crippen molar-refractivity contribution in [3.63, 3.8) is 0 Å². The first-order chi connectivity index (χ1) is 16.0. The van der Waals surface area contributed by atoms with Crippen LogP contribution in [0.3, 0.4) is 0 Å². The summed E-state index contributed by atoms with van der Waals surface area (Å²) < 4.78 is 27.4. The molecule has 0 aliphatic heterocycles. The number of aromatic nitrogens is 1. The number of rotatable bonds is 17. The summed E-state index contributed by atoms with van der Waals surface area (Å²) in [5.74, 6) is 0. The summed E-state index contributed by atoms with van der Waals surface area (Å²) in [6.07, 6.45) is 2.75. The topological polar surface area (TPSA) is 66.5 Å². The minimum atomic E-state index is -1.23. The predicted octanol–water partition coefficient (Wildman–Crippen LogP) is 4.79. The van der Waals surface area contributed by atoms with Crippen molar-refractivity contribution in [3.8, 4) is 0 Å². The van der Waals surface area contributed by atoms with Crippen molar-refractivity contribution in [2.75, 3.05) is 46.2 Å². The van der Waals surface area contributed by atoms with E-state index in [1.807, 2.05) is 35.0 Å². The molecule has 33 heavy (non-hydrogen) atoms. The number of hydrogen-bond donors (Lipinski definition) is 0. The molecule has 1 unspecified atom stereocenters. The summed E-state index contributed by atoms with van der Waals surface area (Å²) in [7, 11) is -1.23. The second kappa shape index (κ2) is 15.1. The summed E-state index contributed by atoms with van der Waals surface area (Å²) in [6.45, 7) is 19.1. The number of nitrogens with zero attached hydrogens (tertiary/aromatic N) is 3. The molecule has 2 aromatic rings. The summed E-state index contributed by atoms with van der Waals surface area (Å²) in [6, 6.07) is 8.41. The highest BCUT2D eigenvalue weighted by atomic mass is 31.2. The van der Waals surface area contributed by atoms with Gasteiger partial charge in [-0.25, -0.2) is 11.2 Å². The van der Waals surface area contributed by atoms with Gasteiger partial charge in [-0.1, -0.05) is 18.2 Å². The molecule has 1 aromatic heterocycles. The Morgan fingerprint density at radius 3 is 2.30 bits per heavy atom. The van der Waals surface area contributed by atoms with Crippen LogP contribution in [-0.4, -0.2) is 73.8 Å². The van der Waals surface area contributed by atoms with E-state index in [9.17, 15) is 4.79 Å². The molecule has 1 atom stereocenters. The van der Waals surface area contributed by atoms with Crippen LogP contribution in [0.5, 0.6) is 0 Å². The van der Waals surface area contributed by atoms with E-state index in [-0.39, 0.29) is 12.1 Å². The molecule has 0 radical (unpaired) electrons. The molecule has 0 fully saturated rings. The first-order valence-electron chi connectivity index (χ1n) is 11.4. The zero-order valence-electron chi connectivity index (χ0n) is 20.1. The van der Waals surface area contributed by atoms with Gasteiger partial charge in [0.15, 0.2) is 6.29 Å². The maximum atomic E-state index is 11.3. The summed E-state index contributed by atoms with van der Waals surface area (Å²) in [5, 5.41) is 0.961. The predicted molar refractivity (Wildman–Crippen MR) is 131 cm³/mol. The smallest absolute Gasteiger partial charge is 0.259 e. The number of hydrogen-bond acceptors (Lipinski definition) is 6. The molecule has 0 saturated heterocycles. The van der Waals surface area contributed by atoms with E-state index in [1.54, 1.807) is 0 Å². The van der Waals surface area contributed by atoms with Gasteiger partial charge in [0.05, 0.1) is 33.0 Å². The first kappa shape index (κ1) is 27.4. The van der Waals surface area contributed by atoms with Crippen molar-refractivity contribution >= 4 is 25.7 Å². The molecule has 0 saturated carbocycles. The third-order valence-corrected chi connectivity index (χ3v) is 6.98. The van der Waals surface area contributed by atoms with Gasteiger partial charge in [-0.15, -0.1) is 0 Å². The van der Waals surface area contributed by atoms with Gasteiger partial charge in [0.2, 0.25) is 6.54 Å². The van der Waals surface area contributed by atoms with E-state index in [0.717, 1.165) is 17.2 Å². The van der Waals surface area contributed by atoms with Gasteiger partial charge in [-0.3, -0.25) is 4.79 Å². The summed E-state index contributed by atoms with van der Waals surface area (Å²) in [5.41, 5.74) is 1.73. The Bertz CT molecular complexity index is 873. The van der Waals surface area contributed by atoms with Gasteiger partial charge in [0.25, 0.3) is 8.53 Å². The van der Waals surface area contributed by atoms with Crippen molar-refractivity contribution in [1.29, 1.82) is 0 Å². The molecule has 8 nitrogen and oxygen atoms in total. The van der Waals surface area contributed by atoms with E-state index in [1.165, 1.54) is 0 Å². The molecular formula is C24H36N3O5P. The van der Waals surface area contributed by atoms with Gasteiger partial charge in [-0.05, 0) is 33.8 Å². The molecule has 0 amide bonds. The lowest BCUT2D eigenvalue weighted by Crippen LogP contribution is -2.34. The van der Waals surface area contributed by atoms with E-state index >= 15 is 0 Å². The van der Waals surface area contributed by atoms with Gasteiger partial charge in [-0.2, -0.15) is 0 Å². The molecule has 1 aromatic carbocycles. The maximum absolute atomic E-state index is 11.3. The second-order valence-electron chi connectivity index (χ2n) is 7.99. The van der Waals surface area contributed by atoms with Crippen LogP contribution >= 0.6 is 8.53 Å². The lowest BCUT2D eigenvalue weighted by Gasteiger charge is -2.35. The SMILES string of the molecule is [C-]#[N+]CCOP(OCCOCCOCCn1cc(C=O)c2ccccc21)N(C(C)C)C(C)C. The molecular weight excluding hydrogens is 441 g/mol. The second-order valence-corrected chi connectivity index (χ2v) is 9.45. The van der Waals surface area contributed by atoms with E-state index in [0.29, 0.717) is 58.3 Å². The Morgan fingerprint density at radius 1 is 1.00 bits per heavy atom. The highest BCUT2D eigenvalue weighted by Crippen LogP contribution is 2.45. The number of fused-ring (bicyclic) bond motifs is 1. The lowest BCUT2D eigenvalue weighted by atomic mass is 10.2. The average Bonchev–Trinajstić information content (AvgIpc) is 3.15. The summed E-state index contributed by atoms with van der Waals surface area (Å²) in [4.78, 5) is 14.6. The van der Waals surface area contributed by atoms with E-state index in [2.05, 4.69) is 37.2 Å². The number of para-hydroxylation sites is 1. The standard InChI is InChI=1S/C24H36N3O5P/c1-20(2)27(21(3)4)33(31-12-10-25-5)32-17-16-30-15-14-29-13-11-26-18-22(19-28)23-8-6-7-9-24(23)26/h6-9,18-21H,10-17H2,1-4H3. The first-order valence-corrected chi connectivity index (χ1v) is 12.5. The molecule has 0 N–H and O–H groups in total. The number of benzene rings is 1. The van der Waals surface area contributed by atoms with Crippen molar-refractivity contribution in [2.24, 2.45) is 0 Å². The van der Waals surface area contributed by atoms with Gasteiger partial charge in [0.1, 0.15) is 6.61 Å². The molecule has 1 heterocycles. The fraction of sp³-hybridized carbons (Fsp3) is 0.583. The Balaban J connectivity index is 1.65. The maximum Gasteiger partial charge on any atom is 0.259 e. The molecule has 9 heteroatoms. The van der Waals surface area contributed by atoms with Gasteiger partial charge >= 0.3 is 0 Å². The highest BCUT2D eigenvalue weighted by molar-refractivity contribution is 7.44. The molecule has 0 aliphatic carbocycles. The highest BCUT2D eigenvalue weighted by Gasteiger charge is 2.27. The zero-order valence-corrected chi connectivity index (χ0v) is 21.0. The van der Waals surface area contributed by atoms with Crippen molar-refractivity contribution in [1.82, 2.24) is 9.24 Å². The quantitative estimate of drug-likeness (QED) is 0.141. The molecule has 0 aliphatic rings. The number of carbonyl (C=O) groups excluding carboxylic acids is 1. The normalized spacial score (nSPS) is 12.7. The van der Waals surface area contributed by atoms with Crippen LogP contribution in [0.15, 0.2) is 30.5 Å². The molecule has 0 bridgehead atoms. The van der Waals surface area contributed by atoms with E-state index in [4.69, 9.17) is 25.1 Å². The number of ether oxygens (including phenoxy) is 2. The monoisotopic (exact) mass is 477 g/mol. The van der Waals surface area contributed by atoms with Crippen molar-refractivity contribution < 1.29 is 23.3 Å². The largest absolute Gasteiger partial charge is 0.377 e. The Morgan fingerprint density at radius 2 is 1.64 bits per heavy atom. The fourth-order valence-corrected chi connectivity index (χ4v) is 5.09. The van der Waals surface area contributed by atoms with Crippen molar-refractivity contribution in [2.45, 2.75) is 46.3 Å². The number of carbonyl (C=O) groups is 1. The zero-order chi connectivity index (χ0) is 24.1. The van der Waals surface area contributed by atoms with Crippen LogP contribution in [0.1, 0.15) is 38.1 Å². The Hall–Kier alpha value is -1.85. The number of aldehydes is 1.